The average Bonchev–Trinajstić information content (AvgIpc) is 2.58. The molecule has 0 amide bonds. The zero-order valence-corrected chi connectivity index (χ0v) is 14.7. The molecule has 5 nitrogen and oxygen atoms in total. The van der Waals surface area contributed by atoms with Crippen LogP contribution in [0.25, 0.3) is 5.57 Å². The van der Waals surface area contributed by atoms with E-state index in [0.717, 1.165) is 25.7 Å². The first-order valence-corrected chi connectivity index (χ1v) is 8.74. The van der Waals surface area contributed by atoms with Crippen LogP contribution in [-0.2, 0) is 14.4 Å². The Balaban J connectivity index is 2.79. The Hall–Kier alpha value is -2.43. The van der Waals surface area contributed by atoms with E-state index >= 15 is 0 Å². The summed E-state index contributed by atoms with van der Waals surface area (Å²) in [6, 6.07) is 8.05. The summed E-state index contributed by atoms with van der Waals surface area (Å²) in [5.74, 6) is -2.93. The lowest BCUT2D eigenvalue weighted by Crippen LogP contribution is -2.14. The largest absolute Gasteiger partial charge is 0.478 e. The smallest absolute Gasteiger partial charge is 0.336 e. The van der Waals surface area contributed by atoms with Crippen LogP contribution in [0.2, 0.25) is 0 Å². The average molecular weight is 346 g/mol. The number of Topliss-reactive ketones (excluding diaryl/α,β-unsaturated/α-hetero) is 1. The van der Waals surface area contributed by atoms with Crippen molar-refractivity contribution in [3.8, 4) is 0 Å². The maximum Gasteiger partial charge on any atom is 0.336 e. The minimum absolute atomic E-state index is 0.234. The van der Waals surface area contributed by atoms with Crippen LogP contribution in [0, 0.1) is 0 Å². The molecule has 0 aliphatic heterocycles. The van der Waals surface area contributed by atoms with Crippen molar-refractivity contribution in [3.63, 3.8) is 0 Å². The molecule has 0 aliphatic rings. The number of benzene rings is 1. The van der Waals surface area contributed by atoms with Gasteiger partial charge in [0.05, 0.1) is 11.1 Å². The Kier molecular flexibility index (Phi) is 9.22. The molecule has 0 saturated heterocycles. The van der Waals surface area contributed by atoms with Crippen LogP contribution in [-0.4, -0.2) is 27.9 Å². The highest BCUT2D eigenvalue weighted by Gasteiger charge is 2.23. The number of ketones is 1. The number of carbonyl (C=O) groups is 3. The van der Waals surface area contributed by atoms with Crippen molar-refractivity contribution in [2.24, 2.45) is 0 Å². The number of hydrogen-bond donors (Lipinski definition) is 2. The van der Waals surface area contributed by atoms with Gasteiger partial charge in [-0.15, -0.1) is 0 Å². The molecule has 136 valence electrons. The van der Waals surface area contributed by atoms with E-state index in [-0.39, 0.29) is 29.8 Å². The standard InChI is InChI=1S/C20H26O5/c1-2-3-4-5-6-10-13-16(21)14-17(19(22)23)18(20(24)25)15-11-8-7-9-12-15/h7-9,11-12H,2-6,10,13-14H2,1H3,(H,22,23)(H,24,25). The third-order valence-corrected chi connectivity index (χ3v) is 4.02. The summed E-state index contributed by atoms with van der Waals surface area (Å²) in [6.45, 7) is 2.13. The van der Waals surface area contributed by atoms with E-state index in [9.17, 15) is 24.6 Å². The fourth-order valence-corrected chi connectivity index (χ4v) is 2.69. The molecule has 1 aromatic carbocycles. The lowest BCUT2D eigenvalue weighted by Gasteiger charge is -2.09. The molecule has 0 bridgehead atoms. The predicted octanol–water partition coefficient (Wildman–Crippen LogP) is 4.32. The minimum atomic E-state index is -1.36. The Morgan fingerprint density at radius 2 is 1.44 bits per heavy atom. The van der Waals surface area contributed by atoms with Gasteiger partial charge in [0.2, 0.25) is 0 Å². The van der Waals surface area contributed by atoms with Gasteiger partial charge >= 0.3 is 11.9 Å². The van der Waals surface area contributed by atoms with Gasteiger partial charge in [0.15, 0.2) is 0 Å². The quantitative estimate of drug-likeness (QED) is 0.434. The van der Waals surface area contributed by atoms with E-state index < -0.39 is 11.9 Å². The van der Waals surface area contributed by atoms with Crippen molar-refractivity contribution in [2.75, 3.05) is 0 Å². The summed E-state index contributed by atoms with van der Waals surface area (Å²) >= 11 is 0. The molecule has 0 unspecified atom stereocenters. The van der Waals surface area contributed by atoms with Crippen molar-refractivity contribution < 1.29 is 24.6 Å². The summed E-state index contributed by atoms with van der Waals surface area (Å²) in [6.07, 6.45) is 6.11. The first kappa shape index (κ1) is 20.6. The monoisotopic (exact) mass is 346 g/mol. The molecule has 1 rings (SSSR count). The normalized spacial score (nSPS) is 11.7. The SMILES string of the molecule is CCCCCCCCC(=O)CC(C(=O)O)=C(C(=O)O)c1ccccc1. The molecular formula is C20H26O5. The zero-order valence-electron chi connectivity index (χ0n) is 14.7. The lowest BCUT2D eigenvalue weighted by atomic mass is 9.95. The van der Waals surface area contributed by atoms with Gasteiger partial charge in [-0.25, -0.2) is 9.59 Å². The second kappa shape index (κ2) is 11.2. The van der Waals surface area contributed by atoms with E-state index in [1.54, 1.807) is 18.2 Å². The maximum absolute atomic E-state index is 12.1. The Morgan fingerprint density at radius 1 is 0.840 bits per heavy atom. The highest BCUT2D eigenvalue weighted by atomic mass is 16.4. The topological polar surface area (TPSA) is 91.7 Å². The van der Waals surface area contributed by atoms with Crippen LogP contribution in [0.5, 0.6) is 0 Å². The number of rotatable bonds is 12. The van der Waals surface area contributed by atoms with Gasteiger partial charge in [0.25, 0.3) is 0 Å². The molecule has 0 saturated carbocycles. The molecule has 1 aromatic rings. The molecule has 5 heteroatoms. The zero-order chi connectivity index (χ0) is 18.7. The summed E-state index contributed by atoms with van der Waals surface area (Å²) in [5.41, 5.74) is -0.376. The van der Waals surface area contributed by atoms with E-state index in [4.69, 9.17) is 0 Å². The van der Waals surface area contributed by atoms with Crippen LogP contribution in [0.1, 0.15) is 63.9 Å². The van der Waals surface area contributed by atoms with Gasteiger partial charge in [-0.3, -0.25) is 4.79 Å². The second-order valence-electron chi connectivity index (χ2n) is 6.06. The van der Waals surface area contributed by atoms with Gasteiger partial charge in [-0.05, 0) is 12.0 Å². The first-order chi connectivity index (χ1) is 12.0. The van der Waals surface area contributed by atoms with Crippen LogP contribution in [0.3, 0.4) is 0 Å². The molecule has 0 radical (unpaired) electrons. The summed E-state index contributed by atoms with van der Waals surface area (Å²) in [5, 5.41) is 18.8. The fourth-order valence-electron chi connectivity index (χ4n) is 2.69. The third kappa shape index (κ3) is 7.33. The molecule has 0 spiro atoms. The number of carboxylic acids is 2. The van der Waals surface area contributed by atoms with Crippen molar-refractivity contribution in [1.82, 2.24) is 0 Å². The van der Waals surface area contributed by atoms with E-state index in [1.165, 1.54) is 18.6 Å². The molecule has 0 atom stereocenters. The number of hydrogen-bond acceptors (Lipinski definition) is 3. The van der Waals surface area contributed by atoms with Crippen LogP contribution < -0.4 is 0 Å². The second-order valence-corrected chi connectivity index (χ2v) is 6.06. The third-order valence-electron chi connectivity index (χ3n) is 4.02. The summed E-state index contributed by atoms with van der Waals surface area (Å²) in [7, 11) is 0. The number of carbonyl (C=O) groups excluding carboxylic acids is 1. The van der Waals surface area contributed by atoms with Gasteiger partial charge in [-0.2, -0.15) is 0 Å². The summed E-state index contributed by atoms with van der Waals surface area (Å²) < 4.78 is 0. The molecule has 0 fully saturated rings. The molecule has 25 heavy (non-hydrogen) atoms. The summed E-state index contributed by atoms with van der Waals surface area (Å²) in [4.78, 5) is 35.2. The highest BCUT2D eigenvalue weighted by molar-refractivity contribution is 6.22. The van der Waals surface area contributed by atoms with E-state index in [2.05, 4.69) is 6.92 Å². The van der Waals surface area contributed by atoms with Crippen molar-refractivity contribution in [1.29, 1.82) is 0 Å². The van der Waals surface area contributed by atoms with Gasteiger partial charge < -0.3 is 10.2 Å². The first-order valence-electron chi connectivity index (χ1n) is 8.74. The van der Waals surface area contributed by atoms with Crippen LogP contribution >= 0.6 is 0 Å². The Morgan fingerprint density at radius 3 is 2.00 bits per heavy atom. The minimum Gasteiger partial charge on any atom is -0.478 e. The van der Waals surface area contributed by atoms with Crippen LogP contribution in [0.15, 0.2) is 35.9 Å². The highest BCUT2D eigenvalue weighted by Crippen LogP contribution is 2.23. The molecular weight excluding hydrogens is 320 g/mol. The predicted molar refractivity (Wildman–Crippen MR) is 96.3 cm³/mol. The number of carboxylic acid groups (broad SMARTS) is 2. The Labute approximate surface area is 148 Å². The number of aliphatic carboxylic acids is 2. The fraction of sp³-hybridized carbons (Fsp3) is 0.450. The lowest BCUT2D eigenvalue weighted by molar-refractivity contribution is -0.135. The number of unbranched alkanes of at least 4 members (excludes halogenated alkanes) is 5. The van der Waals surface area contributed by atoms with Gasteiger partial charge in [0.1, 0.15) is 5.78 Å². The van der Waals surface area contributed by atoms with E-state index in [0.29, 0.717) is 12.0 Å². The molecule has 0 aliphatic carbocycles. The molecule has 0 heterocycles. The van der Waals surface area contributed by atoms with Crippen LogP contribution in [0.4, 0.5) is 0 Å². The molecule has 0 aromatic heterocycles. The van der Waals surface area contributed by atoms with Gasteiger partial charge in [-0.1, -0.05) is 69.4 Å². The maximum atomic E-state index is 12.1. The van der Waals surface area contributed by atoms with Gasteiger partial charge in [0, 0.05) is 12.8 Å². The van der Waals surface area contributed by atoms with E-state index in [1.807, 2.05) is 0 Å². The van der Waals surface area contributed by atoms with Crippen molar-refractivity contribution in [3.05, 3.63) is 41.5 Å². The van der Waals surface area contributed by atoms with Crippen molar-refractivity contribution >= 4 is 23.3 Å². The molecule has 2 N–H and O–H groups in total. The Bertz CT molecular complexity index is 616. The van der Waals surface area contributed by atoms with Crippen molar-refractivity contribution in [2.45, 2.75) is 58.3 Å².